The zero-order valence-electron chi connectivity index (χ0n) is 12.2. The van der Waals surface area contributed by atoms with E-state index in [4.69, 9.17) is 5.73 Å². The number of nitrogens with zero attached hydrogens (tertiary/aromatic N) is 1. The lowest BCUT2D eigenvalue weighted by molar-refractivity contribution is -0.133. The number of amides is 1. The van der Waals surface area contributed by atoms with E-state index in [0.717, 1.165) is 25.1 Å². The van der Waals surface area contributed by atoms with Crippen LogP contribution in [0, 0.1) is 5.41 Å². The van der Waals surface area contributed by atoms with E-state index in [2.05, 4.69) is 32.6 Å². The van der Waals surface area contributed by atoms with Gasteiger partial charge in [-0.2, -0.15) is 11.8 Å². The van der Waals surface area contributed by atoms with Crippen molar-refractivity contribution in [2.45, 2.75) is 58.2 Å². The molecule has 0 radical (unpaired) electrons. The third-order valence-corrected chi connectivity index (χ3v) is 5.38. The van der Waals surface area contributed by atoms with E-state index in [1.165, 1.54) is 0 Å². The van der Waals surface area contributed by atoms with E-state index in [0.29, 0.717) is 30.2 Å². The Morgan fingerprint density at radius 2 is 2.06 bits per heavy atom. The number of carbonyl (C=O) groups is 1. The van der Waals surface area contributed by atoms with Crippen LogP contribution < -0.4 is 5.73 Å². The number of nitrogens with two attached hydrogens (primary N) is 1. The van der Waals surface area contributed by atoms with Gasteiger partial charge in [0.15, 0.2) is 0 Å². The van der Waals surface area contributed by atoms with Crippen LogP contribution >= 0.6 is 11.8 Å². The Morgan fingerprint density at radius 3 is 2.67 bits per heavy atom. The van der Waals surface area contributed by atoms with Gasteiger partial charge >= 0.3 is 0 Å². The van der Waals surface area contributed by atoms with E-state index in [9.17, 15) is 4.79 Å². The van der Waals surface area contributed by atoms with Crippen molar-refractivity contribution in [3.63, 3.8) is 0 Å². The number of hydrogen-bond donors (Lipinski definition) is 1. The fourth-order valence-electron chi connectivity index (χ4n) is 2.39. The van der Waals surface area contributed by atoms with Crippen molar-refractivity contribution in [3.8, 4) is 0 Å². The first-order valence-corrected chi connectivity index (χ1v) is 8.03. The van der Waals surface area contributed by atoms with Crippen molar-refractivity contribution < 1.29 is 4.79 Å². The van der Waals surface area contributed by atoms with Crippen LogP contribution in [-0.2, 0) is 4.79 Å². The maximum Gasteiger partial charge on any atom is 0.222 e. The molecule has 1 aliphatic rings. The first kappa shape index (κ1) is 15.8. The molecule has 1 amide bonds. The van der Waals surface area contributed by atoms with Gasteiger partial charge in [-0.25, -0.2) is 0 Å². The molecule has 106 valence electrons. The molecular formula is C14H28N2OS. The molecule has 0 aromatic heterocycles. The molecule has 1 rings (SSSR count). The quantitative estimate of drug-likeness (QED) is 0.836. The lowest BCUT2D eigenvalue weighted by Gasteiger charge is -2.38. The van der Waals surface area contributed by atoms with Gasteiger partial charge in [-0.1, -0.05) is 20.8 Å². The molecule has 18 heavy (non-hydrogen) atoms. The molecule has 2 atom stereocenters. The van der Waals surface area contributed by atoms with Crippen LogP contribution in [-0.4, -0.2) is 40.9 Å². The van der Waals surface area contributed by atoms with Gasteiger partial charge in [-0.3, -0.25) is 4.79 Å². The van der Waals surface area contributed by atoms with Gasteiger partial charge in [-0.15, -0.1) is 0 Å². The first-order chi connectivity index (χ1) is 8.37. The molecule has 0 spiro atoms. The second-order valence-electron chi connectivity index (χ2n) is 6.11. The number of carbonyl (C=O) groups excluding carboxylic acids is 1. The van der Waals surface area contributed by atoms with Crippen molar-refractivity contribution in [2.75, 3.05) is 18.8 Å². The topological polar surface area (TPSA) is 46.3 Å². The highest BCUT2D eigenvalue weighted by Gasteiger charge is 2.29. The van der Waals surface area contributed by atoms with Crippen LogP contribution in [0.25, 0.3) is 0 Å². The Balaban J connectivity index is 2.45. The molecule has 1 fully saturated rings. The highest BCUT2D eigenvalue weighted by atomic mass is 32.2. The largest absolute Gasteiger partial charge is 0.338 e. The second-order valence-corrected chi connectivity index (χ2v) is 7.59. The maximum absolute atomic E-state index is 12.3. The predicted molar refractivity (Wildman–Crippen MR) is 79.8 cm³/mol. The monoisotopic (exact) mass is 272 g/mol. The summed E-state index contributed by atoms with van der Waals surface area (Å²) in [6.07, 6.45) is 2.59. The normalized spacial score (nSPS) is 25.3. The summed E-state index contributed by atoms with van der Waals surface area (Å²) in [6, 6.07) is 0.369. The smallest absolute Gasteiger partial charge is 0.222 e. The molecule has 0 saturated carbocycles. The van der Waals surface area contributed by atoms with Crippen LogP contribution in [0.4, 0.5) is 0 Å². The molecule has 0 aromatic rings. The summed E-state index contributed by atoms with van der Waals surface area (Å²) < 4.78 is 0. The molecule has 2 unspecified atom stereocenters. The summed E-state index contributed by atoms with van der Waals surface area (Å²) >= 11 is 1.97. The van der Waals surface area contributed by atoms with Crippen molar-refractivity contribution >= 4 is 17.7 Å². The van der Waals surface area contributed by atoms with Crippen molar-refractivity contribution in [3.05, 3.63) is 0 Å². The van der Waals surface area contributed by atoms with Crippen LogP contribution in [0.3, 0.4) is 0 Å². The van der Waals surface area contributed by atoms with Crippen LogP contribution in [0.5, 0.6) is 0 Å². The molecule has 2 N–H and O–H groups in total. The van der Waals surface area contributed by atoms with E-state index >= 15 is 0 Å². The van der Waals surface area contributed by atoms with Gasteiger partial charge in [-0.05, 0) is 31.7 Å². The minimum absolute atomic E-state index is 0.184. The number of rotatable bonds is 5. The molecule has 3 nitrogen and oxygen atoms in total. The Kier molecular flexibility index (Phi) is 5.99. The summed E-state index contributed by atoms with van der Waals surface area (Å²) in [5.41, 5.74) is 5.79. The first-order valence-electron chi connectivity index (χ1n) is 6.98. The summed E-state index contributed by atoms with van der Waals surface area (Å²) in [4.78, 5) is 14.4. The summed E-state index contributed by atoms with van der Waals surface area (Å²) in [6.45, 7) is 10.4. The Hall–Kier alpha value is -0.220. The minimum Gasteiger partial charge on any atom is -0.338 e. The molecule has 0 aliphatic carbocycles. The Bertz CT molecular complexity index is 281. The third kappa shape index (κ3) is 4.47. The molecule has 0 bridgehead atoms. The third-order valence-electron chi connectivity index (χ3n) is 4.04. The van der Waals surface area contributed by atoms with E-state index in [1.54, 1.807) is 0 Å². The molecule has 1 heterocycles. The van der Waals surface area contributed by atoms with Gasteiger partial charge in [0.05, 0.1) is 0 Å². The van der Waals surface area contributed by atoms with Gasteiger partial charge in [0.25, 0.3) is 0 Å². The van der Waals surface area contributed by atoms with Gasteiger partial charge in [0.1, 0.15) is 0 Å². The van der Waals surface area contributed by atoms with Crippen molar-refractivity contribution in [1.29, 1.82) is 0 Å². The zero-order chi connectivity index (χ0) is 13.8. The number of hydrogen-bond acceptors (Lipinski definition) is 3. The van der Waals surface area contributed by atoms with Crippen molar-refractivity contribution in [2.24, 2.45) is 11.1 Å². The zero-order valence-corrected chi connectivity index (χ0v) is 13.1. The van der Waals surface area contributed by atoms with E-state index in [1.807, 2.05) is 11.8 Å². The van der Waals surface area contributed by atoms with Crippen LogP contribution in [0.1, 0.15) is 47.0 Å². The maximum atomic E-state index is 12.3. The minimum atomic E-state index is 0.184. The second kappa shape index (κ2) is 6.80. The van der Waals surface area contributed by atoms with E-state index in [-0.39, 0.29) is 5.41 Å². The molecular weight excluding hydrogens is 244 g/mol. The average molecular weight is 272 g/mol. The molecule has 1 aliphatic heterocycles. The number of thioether (sulfide) groups is 1. The lowest BCUT2D eigenvalue weighted by atomic mass is 9.84. The molecule has 4 heteroatoms. The van der Waals surface area contributed by atoms with Gasteiger partial charge < -0.3 is 10.6 Å². The molecule has 1 saturated heterocycles. The fraction of sp³-hybridized carbons (Fsp3) is 0.929. The summed E-state index contributed by atoms with van der Waals surface area (Å²) in [5, 5.41) is 0.555. The fourth-order valence-corrected chi connectivity index (χ4v) is 3.49. The molecule has 0 aromatic carbocycles. The Morgan fingerprint density at radius 1 is 1.39 bits per heavy atom. The van der Waals surface area contributed by atoms with Gasteiger partial charge in [0, 0.05) is 30.0 Å². The highest BCUT2D eigenvalue weighted by Crippen LogP contribution is 2.29. The van der Waals surface area contributed by atoms with Gasteiger partial charge in [0.2, 0.25) is 5.91 Å². The summed E-state index contributed by atoms with van der Waals surface area (Å²) in [7, 11) is 0. The highest BCUT2D eigenvalue weighted by molar-refractivity contribution is 8.00. The summed E-state index contributed by atoms with van der Waals surface area (Å²) in [5.74, 6) is 1.39. The average Bonchev–Trinajstić information content (AvgIpc) is 2.30. The Labute approximate surface area is 116 Å². The van der Waals surface area contributed by atoms with Crippen LogP contribution in [0.15, 0.2) is 0 Å². The lowest BCUT2D eigenvalue weighted by Crippen LogP contribution is -2.48. The van der Waals surface area contributed by atoms with Crippen molar-refractivity contribution in [1.82, 2.24) is 4.90 Å². The predicted octanol–water partition coefficient (Wildman–Crippen LogP) is 2.49. The van der Waals surface area contributed by atoms with E-state index < -0.39 is 0 Å². The van der Waals surface area contributed by atoms with Crippen LogP contribution in [0.2, 0.25) is 0 Å². The standard InChI is InChI=1S/C14H28N2OS/c1-11-12(2)18-10-9-16(11)13(17)5-6-14(3,4)7-8-15/h11-12H,5-10,15H2,1-4H3. The SMILES string of the molecule is CC1SCCN(C(=O)CCC(C)(C)CCN)C1C.